The van der Waals surface area contributed by atoms with Gasteiger partial charge in [-0.25, -0.2) is 8.42 Å². The van der Waals surface area contributed by atoms with Crippen LogP contribution in [0.4, 0.5) is 5.69 Å². The van der Waals surface area contributed by atoms with Crippen LogP contribution in [0, 0.1) is 0 Å². The maximum Gasteiger partial charge on any atom is 0.261 e. The summed E-state index contributed by atoms with van der Waals surface area (Å²) in [6, 6.07) is 14.3. The van der Waals surface area contributed by atoms with Crippen molar-refractivity contribution in [3.63, 3.8) is 0 Å². The molecule has 0 atom stereocenters. The summed E-state index contributed by atoms with van der Waals surface area (Å²) < 4.78 is 34.6. The zero-order chi connectivity index (χ0) is 21.6. The summed E-state index contributed by atoms with van der Waals surface area (Å²) in [6.07, 6.45) is 3.87. The number of ether oxygens (including phenoxy) is 1. The van der Waals surface area contributed by atoms with Gasteiger partial charge in [0.1, 0.15) is 5.75 Å². The second-order valence-electron chi connectivity index (χ2n) is 8.08. The SMILES string of the molecule is COc1ccc(S(=O)(=O)Nc2ccc3c4c(cccc24)CC3)cc1C(=O)N1CCCC1. The normalized spacial score (nSPS) is 15.5. The van der Waals surface area contributed by atoms with Crippen molar-refractivity contribution in [1.82, 2.24) is 4.90 Å². The number of nitrogens with one attached hydrogen (secondary N) is 1. The number of benzene rings is 3. The molecule has 0 saturated carbocycles. The minimum atomic E-state index is -3.89. The second-order valence-corrected chi connectivity index (χ2v) is 9.76. The lowest BCUT2D eigenvalue weighted by atomic mass is 10.0. The predicted octanol–water partition coefficient (Wildman–Crippen LogP) is 3.98. The monoisotopic (exact) mass is 436 g/mol. The molecule has 0 unspecified atom stereocenters. The van der Waals surface area contributed by atoms with Gasteiger partial charge in [-0.3, -0.25) is 9.52 Å². The van der Waals surface area contributed by atoms with Crippen LogP contribution in [-0.4, -0.2) is 39.4 Å². The van der Waals surface area contributed by atoms with E-state index >= 15 is 0 Å². The topological polar surface area (TPSA) is 75.7 Å². The molecule has 0 spiro atoms. The number of carbonyl (C=O) groups excluding carboxylic acids is 1. The molecule has 2 aliphatic rings. The van der Waals surface area contributed by atoms with E-state index < -0.39 is 10.0 Å². The van der Waals surface area contributed by atoms with Crippen molar-refractivity contribution in [2.24, 2.45) is 0 Å². The molecule has 0 radical (unpaired) electrons. The maximum absolute atomic E-state index is 13.2. The van der Waals surface area contributed by atoms with Crippen LogP contribution in [-0.2, 0) is 22.9 Å². The Hall–Kier alpha value is -3.06. The Morgan fingerprint density at radius 3 is 2.48 bits per heavy atom. The first kappa shape index (κ1) is 19.9. The van der Waals surface area contributed by atoms with Crippen LogP contribution in [0.5, 0.6) is 5.75 Å². The first-order valence-electron chi connectivity index (χ1n) is 10.5. The molecule has 0 aromatic heterocycles. The van der Waals surface area contributed by atoms with Gasteiger partial charge in [-0.05, 0) is 66.5 Å². The predicted molar refractivity (Wildman–Crippen MR) is 120 cm³/mol. The van der Waals surface area contributed by atoms with Crippen LogP contribution >= 0.6 is 0 Å². The summed E-state index contributed by atoms with van der Waals surface area (Å²) in [5.74, 6) is 0.179. The molecular formula is C24H24N2O4S. The summed E-state index contributed by atoms with van der Waals surface area (Å²) in [7, 11) is -2.41. The molecule has 3 aromatic rings. The number of amides is 1. The number of anilines is 1. The van der Waals surface area contributed by atoms with Gasteiger partial charge < -0.3 is 9.64 Å². The molecule has 6 nitrogen and oxygen atoms in total. The lowest BCUT2D eigenvalue weighted by Crippen LogP contribution is -2.28. The molecule has 1 aliphatic heterocycles. The lowest BCUT2D eigenvalue weighted by Gasteiger charge is -2.18. The van der Waals surface area contributed by atoms with E-state index in [1.165, 1.54) is 30.4 Å². The lowest BCUT2D eigenvalue weighted by molar-refractivity contribution is 0.0789. The minimum absolute atomic E-state index is 0.0408. The fourth-order valence-corrected chi connectivity index (χ4v) is 5.76. The average Bonchev–Trinajstić information content (AvgIpc) is 3.46. The Kier molecular flexibility index (Phi) is 4.85. The fourth-order valence-electron chi connectivity index (χ4n) is 4.65. The van der Waals surface area contributed by atoms with Crippen molar-refractivity contribution in [2.75, 3.05) is 24.9 Å². The van der Waals surface area contributed by atoms with Crippen LogP contribution in [0.3, 0.4) is 0 Å². The highest BCUT2D eigenvalue weighted by molar-refractivity contribution is 7.92. The molecule has 0 bridgehead atoms. The van der Waals surface area contributed by atoms with E-state index in [-0.39, 0.29) is 16.4 Å². The highest BCUT2D eigenvalue weighted by Crippen LogP contribution is 2.36. The Labute approximate surface area is 181 Å². The molecule has 31 heavy (non-hydrogen) atoms. The largest absolute Gasteiger partial charge is 0.496 e. The Morgan fingerprint density at radius 1 is 1.00 bits per heavy atom. The number of likely N-dealkylation sites (tertiary alicyclic amines) is 1. The minimum Gasteiger partial charge on any atom is -0.496 e. The number of aryl methyl sites for hydroxylation is 2. The van der Waals surface area contributed by atoms with E-state index in [0.717, 1.165) is 36.5 Å². The van der Waals surface area contributed by atoms with Crippen molar-refractivity contribution < 1.29 is 17.9 Å². The van der Waals surface area contributed by atoms with Gasteiger partial charge in [-0.2, -0.15) is 0 Å². The van der Waals surface area contributed by atoms with Gasteiger partial charge in [-0.1, -0.05) is 24.3 Å². The smallest absolute Gasteiger partial charge is 0.261 e. The zero-order valence-corrected chi connectivity index (χ0v) is 18.2. The van der Waals surface area contributed by atoms with Crippen molar-refractivity contribution in [1.29, 1.82) is 0 Å². The standard InChI is InChI=1S/C24H24N2O4S/c1-30-22-12-10-18(15-20(22)24(27)26-13-2-3-14-26)31(28,29)25-21-11-9-17-8-7-16-5-4-6-19(21)23(16)17/h4-6,9-12,15,25H,2-3,7-8,13-14H2,1H3. The number of hydrogen-bond acceptors (Lipinski definition) is 4. The Bertz CT molecular complexity index is 1280. The Morgan fingerprint density at radius 2 is 1.74 bits per heavy atom. The summed E-state index contributed by atoms with van der Waals surface area (Å²) >= 11 is 0. The third kappa shape index (κ3) is 3.43. The van der Waals surface area contributed by atoms with Gasteiger partial charge >= 0.3 is 0 Å². The van der Waals surface area contributed by atoms with E-state index in [0.29, 0.717) is 24.5 Å². The molecular weight excluding hydrogens is 412 g/mol. The first-order chi connectivity index (χ1) is 15.0. The second kappa shape index (κ2) is 7.57. The Balaban J connectivity index is 1.53. The number of methoxy groups -OCH3 is 1. The summed E-state index contributed by atoms with van der Waals surface area (Å²) in [6.45, 7) is 1.36. The molecule has 1 aliphatic carbocycles. The highest BCUT2D eigenvalue weighted by atomic mass is 32.2. The van der Waals surface area contributed by atoms with Crippen LogP contribution in [0.25, 0.3) is 10.8 Å². The number of sulfonamides is 1. The van der Waals surface area contributed by atoms with Crippen molar-refractivity contribution in [3.8, 4) is 5.75 Å². The highest BCUT2D eigenvalue weighted by Gasteiger charge is 2.26. The van der Waals surface area contributed by atoms with Crippen LogP contribution < -0.4 is 9.46 Å². The number of rotatable bonds is 5. The molecule has 5 rings (SSSR count). The van der Waals surface area contributed by atoms with Gasteiger partial charge in [0.15, 0.2) is 0 Å². The van der Waals surface area contributed by atoms with Gasteiger partial charge in [0, 0.05) is 18.5 Å². The van der Waals surface area contributed by atoms with Crippen molar-refractivity contribution in [3.05, 3.63) is 65.2 Å². The fraction of sp³-hybridized carbons (Fsp3) is 0.292. The number of carbonyl (C=O) groups is 1. The molecule has 3 aromatic carbocycles. The summed E-state index contributed by atoms with van der Waals surface area (Å²) in [5.41, 5.74) is 3.31. The van der Waals surface area contributed by atoms with E-state index in [1.807, 2.05) is 24.3 Å². The molecule has 1 N–H and O–H groups in total. The third-order valence-electron chi connectivity index (χ3n) is 6.23. The van der Waals surface area contributed by atoms with Crippen LogP contribution in [0.2, 0.25) is 0 Å². The van der Waals surface area contributed by atoms with E-state index in [4.69, 9.17) is 4.74 Å². The van der Waals surface area contributed by atoms with E-state index in [2.05, 4.69) is 10.8 Å². The van der Waals surface area contributed by atoms with Gasteiger partial charge in [0.25, 0.3) is 15.9 Å². The average molecular weight is 437 g/mol. The maximum atomic E-state index is 13.2. The van der Waals surface area contributed by atoms with Crippen LogP contribution in [0.15, 0.2) is 53.4 Å². The first-order valence-corrected chi connectivity index (χ1v) is 12.0. The summed E-state index contributed by atoms with van der Waals surface area (Å²) in [4.78, 5) is 14.7. The molecule has 1 heterocycles. The molecule has 1 saturated heterocycles. The third-order valence-corrected chi connectivity index (χ3v) is 7.59. The van der Waals surface area contributed by atoms with Crippen LogP contribution in [0.1, 0.15) is 34.3 Å². The number of nitrogens with zero attached hydrogens (tertiary/aromatic N) is 1. The van der Waals surface area contributed by atoms with E-state index in [9.17, 15) is 13.2 Å². The quantitative estimate of drug-likeness (QED) is 0.656. The zero-order valence-electron chi connectivity index (χ0n) is 17.3. The molecule has 1 amide bonds. The molecule has 7 heteroatoms. The molecule has 160 valence electrons. The number of hydrogen-bond donors (Lipinski definition) is 1. The van der Waals surface area contributed by atoms with Gasteiger partial charge in [-0.15, -0.1) is 0 Å². The van der Waals surface area contributed by atoms with Gasteiger partial charge in [0.2, 0.25) is 0 Å². The molecule has 1 fully saturated rings. The van der Waals surface area contributed by atoms with E-state index in [1.54, 1.807) is 11.0 Å². The van der Waals surface area contributed by atoms with Crippen molar-refractivity contribution in [2.45, 2.75) is 30.6 Å². The van der Waals surface area contributed by atoms with Crippen molar-refractivity contribution >= 4 is 32.4 Å². The summed E-state index contributed by atoms with van der Waals surface area (Å²) in [5, 5.41) is 2.04. The van der Waals surface area contributed by atoms with Gasteiger partial charge in [0.05, 0.1) is 23.3 Å².